The first kappa shape index (κ1) is 6.00. The average molecular weight is 84.2 g/mol. The molecule has 0 heterocycles. The van der Waals surface area contributed by atoms with Crippen molar-refractivity contribution in [3.63, 3.8) is 0 Å². The molecule has 36 valence electrons. The molecular formula is C6H12. The molecule has 2 radical (unpaired) electrons. The van der Waals surface area contributed by atoms with E-state index in [2.05, 4.69) is 20.8 Å². The van der Waals surface area contributed by atoms with Gasteiger partial charge in [-0.1, -0.05) is 27.2 Å². The van der Waals surface area contributed by atoms with Crippen LogP contribution in [0.25, 0.3) is 0 Å². The predicted octanol–water partition coefficient (Wildman–Crippen LogP) is 2.21. The Morgan fingerprint density at radius 3 is 2.00 bits per heavy atom. The lowest BCUT2D eigenvalue weighted by Crippen LogP contribution is -1.78. The summed E-state index contributed by atoms with van der Waals surface area (Å²) in [5, 5.41) is 0. The zero-order chi connectivity index (χ0) is 4.99. The SMILES string of the molecule is [CH2]CC[C](C)C. The van der Waals surface area contributed by atoms with Crippen LogP contribution >= 0.6 is 0 Å². The fraction of sp³-hybridized carbons (Fsp3) is 0.667. The van der Waals surface area contributed by atoms with Gasteiger partial charge in [0.2, 0.25) is 0 Å². The molecule has 0 aromatic rings. The summed E-state index contributed by atoms with van der Waals surface area (Å²) in [5.41, 5.74) is 0. The van der Waals surface area contributed by atoms with Crippen molar-refractivity contribution in [3.05, 3.63) is 12.8 Å². The molecule has 0 aliphatic rings. The first-order valence-corrected chi connectivity index (χ1v) is 2.35. The van der Waals surface area contributed by atoms with E-state index < -0.39 is 0 Å². The van der Waals surface area contributed by atoms with Crippen molar-refractivity contribution in [2.75, 3.05) is 0 Å². The number of rotatable bonds is 2. The molecule has 6 heavy (non-hydrogen) atoms. The van der Waals surface area contributed by atoms with Gasteiger partial charge in [-0.2, -0.15) is 0 Å². The van der Waals surface area contributed by atoms with E-state index in [4.69, 9.17) is 0 Å². The molecule has 0 aliphatic carbocycles. The smallest absolute Gasteiger partial charge is 0.0303 e. The third-order valence-corrected chi connectivity index (χ3v) is 0.677. The van der Waals surface area contributed by atoms with Gasteiger partial charge in [0.15, 0.2) is 0 Å². The standard InChI is InChI=1S/C6H12/c1-4-5-6(2)3/h1,4-5H2,2-3H3. The lowest BCUT2D eigenvalue weighted by atomic mass is 10.1. The highest BCUT2D eigenvalue weighted by Crippen LogP contribution is 2.02. The Kier molecular flexibility index (Phi) is 3.20. The second kappa shape index (κ2) is 3.20. The largest absolute Gasteiger partial charge is 0.0594 e. The van der Waals surface area contributed by atoms with Gasteiger partial charge in [-0.15, -0.1) is 0 Å². The summed E-state index contributed by atoms with van der Waals surface area (Å²) >= 11 is 0. The molecule has 0 rings (SSSR count). The van der Waals surface area contributed by atoms with Gasteiger partial charge in [-0.05, 0) is 12.3 Å². The fourth-order valence-corrected chi connectivity index (χ4v) is 0.354. The zero-order valence-corrected chi connectivity index (χ0v) is 4.62. The monoisotopic (exact) mass is 84.1 g/mol. The molecule has 0 aromatic heterocycles. The lowest BCUT2D eigenvalue weighted by molar-refractivity contribution is 0.850. The summed E-state index contributed by atoms with van der Waals surface area (Å²) in [7, 11) is 0. The number of hydrogen-bond acceptors (Lipinski definition) is 0. The van der Waals surface area contributed by atoms with Gasteiger partial charge in [-0.25, -0.2) is 0 Å². The van der Waals surface area contributed by atoms with Crippen molar-refractivity contribution in [1.29, 1.82) is 0 Å². The Labute approximate surface area is 40.6 Å². The van der Waals surface area contributed by atoms with Crippen LogP contribution in [-0.4, -0.2) is 0 Å². The normalized spacial score (nSPS) is 10.0. The Bertz CT molecular complexity index is 21.2. The van der Waals surface area contributed by atoms with Crippen molar-refractivity contribution in [1.82, 2.24) is 0 Å². The van der Waals surface area contributed by atoms with Gasteiger partial charge < -0.3 is 0 Å². The predicted molar refractivity (Wildman–Crippen MR) is 29.2 cm³/mol. The van der Waals surface area contributed by atoms with Crippen LogP contribution in [0.1, 0.15) is 26.7 Å². The van der Waals surface area contributed by atoms with Crippen LogP contribution in [0.5, 0.6) is 0 Å². The molecule has 0 saturated carbocycles. The van der Waals surface area contributed by atoms with E-state index in [1.807, 2.05) is 0 Å². The first-order chi connectivity index (χ1) is 2.77. The maximum absolute atomic E-state index is 3.70. The molecule has 0 aliphatic heterocycles. The minimum atomic E-state index is 1.04. The average Bonchev–Trinajstić information content (AvgIpc) is 1.35. The molecule has 0 saturated heterocycles. The minimum absolute atomic E-state index is 1.04. The van der Waals surface area contributed by atoms with E-state index in [1.54, 1.807) is 0 Å². The van der Waals surface area contributed by atoms with Crippen molar-refractivity contribution < 1.29 is 0 Å². The maximum Gasteiger partial charge on any atom is -0.0303 e. The van der Waals surface area contributed by atoms with Gasteiger partial charge in [-0.3, -0.25) is 0 Å². The lowest BCUT2D eigenvalue weighted by Gasteiger charge is -1.95. The summed E-state index contributed by atoms with van der Waals surface area (Å²) in [6.07, 6.45) is 2.22. The van der Waals surface area contributed by atoms with Crippen LogP contribution in [0.15, 0.2) is 0 Å². The molecule has 0 fully saturated rings. The van der Waals surface area contributed by atoms with Gasteiger partial charge >= 0.3 is 0 Å². The maximum atomic E-state index is 3.70. The molecule has 0 nitrogen and oxygen atoms in total. The van der Waals surface area contributed by atoms with Gasteiger partial charge in [0.25, 0.3) is 0 Å². The van der Waals surface area contributed by atoms with Crippen LogP contribution in [0, 0.1) is 12.8 Å². The molecule has 0 spiro atoms. The van der Waals surface area contributed by atoms with Gasteiger partial charge in [0, 0.05) is 0 Å². The van der Waals surface area contributed by atoms with E-state index in [0.717, 1.165) is 6.42 Å². The van der Waals surface area contributed by atoms with Crippen LogP contribution in [0.3, 0.4) is 0 Å². The van der Waals surface area contributed by atoms with Crippen LogP contribution in [-0.2, 0) is 0 Å². The topological polar surface area (TPSA) is 0 Å². The third kappa shape index (κ3) is 4.00. The fourth-order valence-electron chi connectivity index (χ4n) is 0.354. The quantitative estimate of drug-likeness (QED) is 0.481. The van der Waals surface area contributed by atoms with Crippen molar-refractivity contribution in [2.45, 2.75) is 26.7 Å². The van der Waals surface area contributed by atoms with Crippen molar-refractivity contribution in [2.24, 2.45) is 0 Å². The van der Waals surface area contributed by atoms with Gasteiger partial charge in [0.05, 0.1) is 0 Å². The Balaban J connectivity index is 2.63. The van der Waals surface area contributed by atoms with E-state index in [9.17, 15) is 0 Å². The number of hydrogen-bond donors (Lipinski definition) is 0. The summed E-state index contributed by atoms with van der Waals surface area (Å²) in [6.45, 7) is 7.97. The molecule has 0 aromatic carbocycles. The van der Waals surface area contributed by atoms with Crippen LogP contribution < -0.4 is 0 Å². The minimum Gasteiger partial charge on any atom is -0.0594 e. The molecule has 0 N–H and O–H groups in total. The molecule has 0 unspecified atom stereocenters. The molecule has 0 bridgehead atoms. The highest BCUT2D eigenvalue weighted by molar-refractivity contribution is 4.75. The van der Waals surface area contributed by atoms with Crippen LogP contribution in [0.4, 0.5) is 0 Å². The van der Waals surface area contributed by atoms with E-state index in [1.165, 1.54) is 12.3 Å². The van der Waals surface area contributed by atoms with E-state index in [-0.39, 0.29) is 0 Å². The summed E-state index contributed by atoms with van der Waals surface area (Å²) < 4.78 is 0. The van der Waals surface area contributed by atoms with E-state index in [0.29, 0.717) is 0 Å². The highest BCUT2D eigenvalue weighted by atomic mass is 13.9. The van der Waals surface area contributed by atoms with E-state index >= 15 is 0 Å². The summed E-state index contributed by atoms with van der Waals surface area (Å²) in [4.78, 5) is 0. The molecule has 0 atom stereocenters. The second-order valence-corrected chi connectivity index (χ2v) is 1.81. The zero-order valence-electron chi connectivity index (χ0n) is 4.62. The first-order valence-electron chi connectivity index (χ1n) is 2.35. The van der Waals surface area contributed by atoms with Crippen molar-refractivity contribution >= 4 is 0 Å². The van der Waals surface area contributed by atoms with Crippen molar-refractivity contribution in [3.8, 4) is 0 Å². The van der Waals surface area contributed by atoms with Gasteiger partial charge in [0.1, 0.15) is 0 Å². The molecular weight excluding hydrogens is 72.1 g/mol. The third-order valence-electron chi connectivity index (χ3n) is 0.677. The highest BCUT2D eigenvalue weighted by Gasteiger charge is 1.86. The Hall–Kier alpha value is 0. The van der Waals surface area contributed by atoms with Crippen LogP contribution in [0.2, 0.25) is 0 Å². The second-order valence-electron chi connectivity index (χ2n) is 1.81. The molecule has 0 heteroatoms. The summed E-state index contributed by atoms with van der Waals surface area (Å²) in [5.74, 6) is 1.48. The molecule has 0 amide bonds. The Morgan fingerprint density at radius 1 is 1.50 bits per heavy atom. The summed E-state index contributed by atoms with van der Waals surface area (Å²) in [6, 6.07) is 0. The Morgan fingerprint density at radius 2 is 2.00 bits per heavy atom.